The number of hydrogen-bond acceptors (Lipinski definition) is 2. The minimum atomic E-state index is -1.94. The van der Waals surface area contributed by atoms with E-state index in [-0.39, 0.29) is 24.8 Å². The Morgan fingerprint density at radius 1 is 0.382 bits per heavy atom. The van der Waals surface area contributed by atoms with Crippen molar-refractivity contribution in [1.82, 2.24) is 0 Å². The van der Waals surface area contributed by atoms with Crippen LogP contribution in [0, 0.1) is 0 Å². The van der Waals surface area contributed by atoms with Gasteiger partial charge in [-0.1, -0.05) is 0 Å². The Morgan fingerprint density at radius 3 is 0.891 bits per heavy atom. The van der Waals surface area contributed by atoms with Crippen molar-refractivity contribution in [3.05, 3.63) is 168 Å². The van der Waals surface area contributed by atoms with E-state index in [4.69, 9.17) is 5.63 Å². The fraction of sp³-hybridized carbons (Fsp3) is 0.250. The maximum atomic E-state index is 7.22. The van der Waals surface area contributed by atoms with Gasteiger partial charge in [0.25, 0.3) is 0 Å². The zero-order valence-corrected chi connectivity index (χ0v) is 38.9. The Labute approximate surface area is 358 Å². The molecular formula is C48H52Cl2O2P2Zr. The molecule has 6 aromatic rings. The van der Waals surface area contributed by atoms with E-state index in [9.17, 15) is 0 Å². The van der Waals surface area contributed by atoms with Crippen LogP contribution in [-0.4, -0.2) is 0 Å². The van der Waals surface area contributed by atoms with Crippen molar-refractivity contribution in [2.45, 2.75) is 79.1 Å². The minimum absolute atomic E-state index is 0. The first-order valence-corrected chi connectivity index (χ1v) is 23.6. The molecule has 6 aromatic carbocycles. The molecule has 0 aliphatic carbocycles. The molecule has 284 valence electrons. The molecule has 0 spiro atoms. The first-order valence-electron chi connectivity index (χ1n) is 18.9. The molecule has 0 atom stereocenters. The third kappa shape index (κ3) is 10.8. The molecule has 0 saturated heterocycles. The maximum Gasteiger partial charge on any atom is -1.00 e. The summed E-state index contributed by atoms with van der Waals surface area (Å²) in [7, 11) is -1.75. The molecule has 0 aliphatic heterocycles. The van der Waals surface area contributed by atoms with Crippen molar-refractivity contribution in [3.8, 4) is 11.5 Å². The van der Waals surface area contributed by atoms with Crippen molar-refractivity contribution in [3.63, 3.8) is 0 Å². The average molecular weight is 885 g/mol. The fourth-order valence-electron chi connectivity index (χ4n) is 6.66. The van der Waals surface area contributed by atoms with Gasteiger partial charge in [0.05, 0.1) is 0 Å². The van der Waals surface area contributed by atoms with Crippen LogP contribution >= 0.6 is 15.8 Å². The summed E-state index contributed by atoms with van der Waals surface area (Å²) in [5.41, 5.74) is 5.24. The van der Waals surface area contributed by atoms with Crippen molar-refractivity contribution in [2.75, 3.05) is 0 Å². The van der Waals surface area contributed by atoms with Crippen LogP contribution < -0.4 is 62.3 Å². The van der Waals surface area contributed by atoms with Gasteiger partial charge in [-0.05, 0) is 0 Å². The molecule has 0 amide bonds. The van der Waals surface area contributed by atoms with Gasteiger partial charge in [-0.25, -0.2) is 0 Å². The zero-order chi connectivity index (χ0) is 37.5. The summed E-state index contributed by atoms with van der Waals surface area (Å²) in [6.45, 7) is 18.4. The molecule has 2 nitrogen and oxygen atoms in total. The number of benzene rings is 6. The summed E-state index contributed by atoms with van der Waals surface area (Å²) in [6, 6.07) is 53.7. The van der Waals surface area contributed by atoms with Crippen LogP contribution in [0.25, 0.3) is 0 Å². The molecule has 0 heterocycles. The molecule has 0 N–H and O–H groups in total. The van der Waals surface area contributed by atoms with Crippen molar-refractivity contribution in [1.29, 1.82) is 0 Å². The van der Waals surface area contributed by atoms with E-state index in [1.165, 1.54) is 54.1 Å². The second-order valence-electron chi connectivity index (χ2n) is 14.8. The summed E-state index contributed by atoms with van der Waals surface area (Å²) < 4.78 is 14.4. The molecule has 7 heteroatoms. The molecule has 0 fully saturated rings. The number of hydrogen-bond donors (Lipinski definition) is 0. The Hall–Kier alpha value is -2.76. The standard InChI is InChI=1S/2C24H27OP.2ClH.Zr/c2*1-17(2)19-15-22(18(3)4)24(25)23(16-19)26(20-11-7-5-8-12-20)21-13-9-6-10-14-21;;;/h2*5-18,25H,1-4H3;2*1H;/q;;;;+4/p-4. The van der Waals surface area contributed by atoms with E-state index in [2.05, 4.69) is 201 Å². The molecule has 0 saturated carbocycles. The van der Waals surface area contributed by atoms with Crippen molar-refractivity contribution >= 4 is 47.7 Å². The minimum Gasteiger partial charge on any atom is -1.00 e. The topological polar surface area (TPSA) is 18.5 Å². The number of rotatable bonds is 14. The molecule has 0 aromatic heterocycles. The predicted octanol–water partition coefficient (Wildman–Crippen LogP) is 5.07. The van der Waals surface area contributed by atoms with Gasteiger partial charge in [0, 0.05) is 0 Å². The molecule has 6 rings (SSSR count). The van der Waals surface area contributed by atoms with E-state index >= 15 is 0 Å². The number of halogens is 2. The summed E-state index contributed by atoms with van der Waals surface area (Å²) >= 11 is -1.94. The van der Waals surface area contributed by atoms with Gasteiger partial charge in [-0.2, -0.15) is 0 Å². The van der Waals surface area contributed by atoms with Crippen LogP contribution in [0.2, 0.25) is 0 Å². The van der Waals surface area contributed by atoms with Crippen LogP contribution in [0.15, 0.2) is 146 Å². The van der Waals surface area contributed by atoms with Crippen LogP contribution in [-0.2, 0) is 24.1 Å². The molecule has 55 heavy (non-hydrogen) atoms. The van der Waals surface area contributed by atoms with Crippen LogP contribution in [0.1, 0.15) is 101 Å². The maximum absolute atomic E-state index is 7.22. The van der Waals surface area contributed by atoms with Crippen LogP contribution in [0.3, 0.4) is 0 Å². The monoisotopic (exact) mass is 882 g/mol. The predicted molar refractivity (Wildman–Crippen MR) is 228 cm³/mol. The van der Waals surface area contributed by atoms with E-state index in [1.54, 1.807) is 0 Å². The third-order valence-corrected chi connectivity index (χ3v) is 15.9. The van der Waals surface area contributed by atoms with Crippen LogP contribution in [0.5, 0.6) is 11.5 Å². The van der Waals surface area contributed by atoms with Crippen molar-refractivity contribution < 1.29 is 54.6 Å². The van der Waals surface area contributed by atoms with Gasteiger partial charge in [-0.15, -0.1) is 0 Å². The van der Waals surface area contributed by atoms with E-state index in [1.807, 2.05) is 0 Å². The first-order chi connectivity index (χ1) is 25.6. The van der Waals surface area contributed by atoms with Gasteiger partial charge >= 0.3 is 336 Å². The van der Waals surface area contributed by atoms with Gasteiger partial charge < -0.3 is 24.8 Å². The van der Waals surface area contributed by atoms with Gasteiger partial charge in [0.15, 0.2) is 0 Å². The summed E-state index contributed by atoms with van der Waals surface area (Å²) in [5.74, 6) is 3.42. The zero-order valence-electron chi connectivity index (χ0n) is 33.1. The van der Waals surface area contributed by atoms with Gasteiger partial charge in [-0.3, -0.25) is 0 Å². The molecular weight excluding hydrogens is 833 g/mol. The summed E-state index contributed by atoms with van der Waals surface area (Å²) in [5, 5.41) is 7.87. The van der Waals surface area contributed by atoms with Crippen molar-refractivity contribution in [2.24, 2.45) is 0 Å². The van der Waals surface area contributed by atoms with E-state index in [0.29, 0.717) is 23.7 Å². The van der Waals surface area contributed by atoms with Gasteiger partial charge in [0.2, 0.25) is 0 Å². The molecule has 0 unspecified atom stereocenters. The molecule has 0 radical (unpaired) electrons. The van der Waals surface area contributed by atoms with Crippen LogP contribution in [0.4, 0.5) is 0 Å². The van der Waals surface area contributed by atoms with Gasteiger partial charge in [0.1, 0.15) is 0 Å². The second-order valence-corrected chi connectivity index (χ2v) is 20.6. The Balaban J connectivity index is 0.00000336. The SMILES string of the molecule is CC(C)c1cc(C(C)C)c([O][Zr+2][O]c2c(C(C)C)cc(C(C)C)cc2P(c2ccccc2)c2ccccc2)c(P(c2ccccc2)c2ccccc2)c1.[Cl-].[Cl-]. The average Bonchev–Trinajstić information content (AvgIpc) is 3.17. The smallest absolute Gasteiger partial charge is 1.00 e. The summed E-state index contributed by atoms with van der Waals surface area (Å²) in [6.07, 6.45) is 0. The van der Waals surface area contributed by atoms with E-state index < -0.39 is 40.0 Å². The Morgan fingerprint density at radius 2 is 0.655 bits per heavy atom. The third-order valence-electron chi connectivity index (χ3n) is 9.64. The first kappa shape index (κ1) is 45.0. The normalized spacial score (nSPS) is 11.2. The quantitative estimate of drug-likeness (QED) is 0.143. The largest absolute Gasteiger partial charge is 1.00 e. The van der Waals surface area contributed by atoms with E-state index in [0.717, 1.165) is 11.5 Å². The molecule has 0 bridgehead atoms. The fourth-order valence-corrected chi connectivity index (χ4v) is 13.6. The second kappa shape index (κ2) is 21.1. The summed E-state index contributed by atoms with van der Waals surface area (Å²) in [4.78, 5) is 0. The Bertz CT molecular complexity index is 1850. The molecule has 0 aliphatic rings. The Kier molecular flexibility index (Phi) is 17.3.